The van der Waals surface area contributed by atoms with Gasteiger partial charge >= 0.3 is 0 Å². The molecule has 3 rings (SSSR count). The molecule has 0 bridgehead atoms. The van der Waals surface area contributed by atoms with Gasteiger partial charge in [0.05, 0.1) is 13.2 Å². The Hall–Kier alpha value is -3.98. The number of nitrogens with zero attached hydrogens (tertiary/aromatic N) is 2. The third-order valence-electron chi connectivity index (χ3n) is 4.96. The number of rotatable bonds is 8. The van der Waals surface area contributed by atoms with Crippen LogP contribution < -0.4 is 14.8 Å². The van der Waals surface area contributed by atoms with Gasteiger partial charge in [-0.25, -0.2) is 0 Å². The van der Waals surface area contributed by atoms with Gasteiger partial charge in [-0.15, -0.1) is 0 Å². The highest BCUT2D eigenvalue weighted by atomic mass is 16.5. The van der Waals surface area contributed by atoms with Crippen LogP contribution in [0.3, 0.4) is 0 Å². The lowest BCUT2D eigenvalue weighted by molar-refractivity contribution is -0.112. The molecule has 0 aliphatic heterocycles. The number of ether oxygens (including phenoxy) is 2. The Kier molecular flexibility index (Phi) is 7.35. The number of hydrogen-bond donors (Lipinski definition) is 1. The van der Waals surface area contributed by atoms with Gasteiger partial charge in [0, 0.05) is 22.8 Å². The molecule has 1 N–H and O–H groups in total. The quantitative estimate of drug-likeness (QED) is 0.382. The highest BCUT2D eigenvalue weighted by Gasteiger charge is 2.14. The number of carbonyl (C=O) groups is 1. The van der Waals surface area contributed by atoms with Gasteiger partial charge in [-0.3, -0.25) is 4.79 Å². The van der Waals surface area contributed by atoms with Crippen LogP contribution in [0.15, 0.2) is 60.2 Å². The fourth-order valence-electron chi connectivity index (χ4n) is 3.49. The zero-order chi connectivity index (χ0) is 23.1. The van der Waals surface area contributed by atoms with E-state index in [4.69, 9.17) is 9.47 Å². The molecular formula is C26H27N3O3. The Labute approximate surface area is 188 Å². The van der Waals surface area contributed by atoms with Gasteiger partial charge in [0.2, 0.25) is 0 Å². The summed E-state index contributed by atoms with van der Waals surface area (Å²) in [5.74, 6) is 1.09. The lowest BCUT2D eigenvalue weighted by Gasteiger charge is -2.11. The van der Waals surface area contributed by atoms with E-state index in [-0.39, 0.29) is 5.57 Å². The predicted molar refractivity (Wildman–Crippen MR) is 126 cm³/mol. The molecule has 3 aromatic rings. The van der Waals surface area contributed by atoms with Crippen LogP contribution >= 0.6 is 0 Å². The lowest BCUT2D eigenvalue weighted by Crippen LogP contribution is -2.13. The summed E-state index contributed by atoms with van der Waals surface area (Å²) in [5.41, 5.74) is 4.37. The maximum absolute atomic E-state index is 12.7. The van der Waals surface area contributed by atoms with E-state index in [1.807, 2.05) is 64.1 Å². The molecule has 1 heterocycles. The predicted octanol–water partition coefficient (Wildman–Crippen LogP) is 5.44. The van der Waals surface area contributed by atoms with E-state index in [0.29, 0.717) is 18.9 Å². The summed E-state index contributed by atoms with van der Waals surface area (Å²) in [6, 6.07) is 18.9. The summed E-state index contributed by atoms with van der Waals surface area (Å²) in [7, 11) is 0. The van der Waals surface area contributed by atoms with E-state index in [1.54, 1.807) is 30.3 Å². The minimum Gasteiger partial charge on any atom is -0.494 e. The van der Waals surface area contributed by atoms with Gasteiger partial charge in [0.25, 0.3) is 5.91 Å². The second-order valence-corrected chi connectivity index (χ2v) is 7.17. The Morgan fingerprint density at radius 3 is 2.09 bits per heavy atom. The first-order chi connectivity index (χ1) is 15.5. The summed E-state index contributed by atoms with van der Waals surface area (Å²) < 4.78 is 13.0. The molecular weight excluding hydrogens is 402 g/mol. The zero-order valence-corrected chi connectivity index (χ0v) is 18.8. The summed E-state index contributed by atoms with van der Waals surface area (Å²) >= 11 is 0. The molecule has 0 saturated heterocycles. The van der Waals surface area contributed by atoms with Crippen molar-refractivity contribution in [2.45, 2.75) is 27.7 Å². The van der Waals surface area contributed by atoms with Gasteiger partial charge < -0.3 is 19.4 Å². The topological polar surface area (TPSA) is 76.3 Å². The molecule has 164 valence electrons. The number of aryl methyl sites for hydroxylation is 1. The van der Waals surface area contributed by atoms with Crippen LogP contribution in [0.5, 0.6) is 11.5 Å². The van der Waals surface area contributed by atoms with Crippen LogP contribution in [0.4, 0.5) is 5.69 Å². The Morgan fingerprint density at radius 2 is 1.56 bits per heavy atom. The van der Waals surface area contributed by atoms with Crippen molar-refractivity contribution in [1.29, 1.82) is 5.26 Å². The molecule has 6 nitrogen and oxygen atoms in total. The summed E-state index contributed by atoms with van der Waals surface area (Å²) in [5, 5.41) is 12.4. The van der Waals surface area contributed by atoms with Crippen molar-refractivity contribution < 1.29 is 14.3 Å². The number of carbonyl (C=O) groups excluding carboxylic acids is 1. The number of nitriles is 1. The molecule has 0 aliphatic carbocycles. The average molecular weight is 430 g/mol. The second kappa shape index (κ2) is 10.4. The van der Waals surface area contributed by atoms with Crippen molar-refractivity contribution in [1.82, 2.24) is 4.57 Å². The van der Waals surface area contributed by atoms with Crippen LogP contribution in [0.1, 0.15) is 30.8 Å². The first-order valence-corrected chi connectivity index (χ1v) is 10.5. The summed E-state index contributed by atoms with van der Waals surface area (Å²) in [4.78, 5) is 12.7. The molecule has 0 spiro atoms. The van der Waals surface area contributed by atoms with Crippen LogP contribution in [0.2, 0.25) is 0 Å². The van der Waals surface area contributed by atoms with Crippen LogP contribution in [-0.2, 0) is 4.79 Å². The Balaban J connectivity index is 1.83. The van der Waals surface area contributed by atoms with E-state index >= 15 is 0 Å². The molecule has 0 radical (unpaired) electrons. The molecule has 2 aromatic carbocycles. The largest absolute Gasteiger partial charge is 0.494 e. The highest BCUT2D eigenvalue weighted by Crippen LogP contribution is 2.25. The number of anilines is 1. The Morgan fingerprint density at radius 1 is 1.00 bits per heavy atom. The van der Waals surface area contributed by atoms with Crippen molar-refractivity contribution in [2.75, 3.05) is 18.5 Å². The third kappa shape index (κ3) is 5.19. The third-order valence-corrected chi connectivity index (χ3v) is 4.96. The second-order valence-electron chi connectivity index (χ2n) is 7.17. The van der Waals surface area contributed by atoms with Crippen LogP contribution in [-0.4, -0.2) is 23.7 Å². The Bertz CT molecular complexity index is 1150. The monoisotopic (exact) mass is 429 g/mol. The zero-order valence-electron chi connectivity index (χ0n) is 18.8. The number of nitrogens with one attached hydrogen (secondary N) is 1. The van der Waals surface area contributed by atoms with Gasteiger partial charge in [-0.2, -0.15) is 5.26 Å². The molecule has 0 saturated carbocycles. The highest BCUT2D eigenvalue weighted by molar-refractivity contribution is 6.09. The van der Waals surface area contributed by atoms with Crippen LogP contribution in [0.25, 0.3) is 11.8 Å². The lowest BCUT2D eigenvalue weighted by atomic mass is 10.1. The molecule has 1 aromatic heterocycles. The van der Waals surface area contributed by atoms with Crippen molar-refractivity contribution in [3.63, 3.8) is 0 Å². The van der Waals surface area contributed by atoms with E-state index < -0.39 is 5.91 Å². The van der Waals surface area contributed by atoms with Gasteiger partial charge in [0.1, 0.15) is 23.1 Å². The normalized spacial score (nSPS) is 11.0. The van der Waals surface area contributed by atoms with Crippen molar-refractivity contribution in [2.24, 2.45) is 0 Å². The molecule has 6 heteroatoms. The fraction of sp³-hybridized carbons (Fsp3) is 0.231. The molecule has 32 heavy (non-hydrogen) atoms. The minimum absolute atomic E-state index is 0.0332. The van der Waals surface area contributed by atoms with Crippen molar-refractivity contribution in [3.8, 4) is 23.3 Å². The van der Waals surface area contributed by atoms with Crippen molar-refractivity contribution >= 4 is 17.7 Å². The smallest absolute Gasteiger partial charge is 0.266 e. The SMILES string of the molecule is CCOc1ccc(NC(=O)/C(C#N)=C\c2cc(C)n(-c3ccc(OCC)cc3)c2C)cc1. The fourth-order valence-corrected chi connectivity index (χ4v) is 3.49. The van der Waals surface area contributed by atoms with E-state index in [9.17, 15) is 10.1 Å². The number of hydrogen-bond acceptors (Lipinski definition) is 4. The first kappa shape index (κ1) is 22.7. The number of aromatic nitrogens is 1. The van der Waals surface area contributed by atoms with E-state index in [0.717, 1.165) is 34.1 Å². The van der Waals surface area contributed by atoms with Gasteiger partial charge in [-0.05, 0) is 93.9 Å². The maximum Gasteiger partial charge on any atom is 0.266 e. The van der Waals surface area contributed by atoms with E-state index in [2.05, 4.69) is 9.88 Å². The molecule has 0 aliphatic rings. The standard InChI is InChI=1S/C26H27N3O3/c1-5-31-24-11-7-22(8-12-24)28-26(30)21(17-27)16-20-15-18(3)29(19(20)4)23-9-13-25(14-10-23)32-6-2/h7-16H,5-6H2,1-4H3,(H,28,30)/b21-16-. The summed E-state index contributed by atoms with van der Waals surface area (Å²) in [6.45, 7) is 9.01. The minimum atomic E-state index is -0.456. The van der Waals surface area contributed by atoms with Gasteiger partial charge in [-0.1, -0.05) is 0 Å². The molecule has 0 unspecified atom stereocenters. The summed E-state index contributed by atoms with van der Waals surface area (Å²) in [6.07, 6.45) is 1.62. The number of amides is 1. The van der Waals surface area contributed by atoms with Crippen LogP contribution in [0, 0.1) is 25.2 Å². The molecule has 1 amide bonds. The average Bonchev–Trinajstić information content (AvgIpc) is 3.07. The number of benzene rings is 2. The molecule has 0 atom stereocenters. The van der Waals surface area contributed by atoms with Crippen molar-refractivity contribution in [3.05, 3.63) is 77.1 Å². The van der Waals surface area contributed by atoms with E-state index in [1.165, 1.54) is 0 Å². The first-order valence-electron chi connectivity index (χ1n) is 10.5. The van der Waals surface area contributed by atoms with Gasteiger partial charge in [0.15, 0.2) is 0 Å². The molecule has 0 fully saturated rings. The maximum atomic E-state index is 12.7.